The Kier molecular flexibility index (Phi) is 7.91. The van der Waals surface area contributed by atoms with Gasteiger partial charge < -0.3 is 25.3 Å². The van der Waals surface area contributed by atoms with E-state index in [0.717, 1.165) is 23.8 Å². The summed E-state index contributed by atoms with van der Waals surface area (Å²) in [6, 6.07) is 12.0. The van der Waals surface area contributed by atoms with E-state index in [9.17, 15) is 13.6 Å². The number of carbonyl (C=O) groups is 1. The topological polar surface area (TPSA) is 82.8 Å². The molecule has 0 bridgehead atoms. The molecule has 0 aromatic heterocycles. The van der Waals surface area contributed by atoms with Crippen molar-refractivity contribution in [2.24, 2.45) is 5.73 Å². The molecule has 0 saturated carbocycles. The van der Waals surface area contributed by atoms with Crippen molar-refractivity contribution in [3.05, 3.63) is 81.9 Å². The van der Waals surface area contributed by atoms with Crippen LogP contribution in [0.25, 0.3) is 11.1 Å². The first-order chi connectivity index (χ1) is 17.7. The molecule has 4 rings (SSSR count). The smallest absolute Gasteiger partial charge is 0.387 e. The molecule has 3 aromatic rings. The van der Waals surface area contributed by atoms with Gasteiger partial charge in [-0.3, -0.25) is 4.79 Å². The highest BCUT2D eigenvalue weighted by Gasteiger charge is 2.44. The van der Waals surface area contributed by atoms with Crippen molar-refractivity contribution in [3.63, 3.8) is 0 Å². The third kappa shape index (κ3) is 5.22. The van der Waals surface area contributed by atoms with Gasteiger partial charge in [-0.2, -0.15) is 8.78 Å². The molecule has 0 fully saturated rings. The fourth-order valence-electron chi connectivity index (χ4n) is 4.46. The maximum absolute atomic E-state index is 15.6. The van der Waals surface area contributed by atoms with Crippen molar-refractivity contribution in [1.29, 1.82) is 0 Å². The van der Waals surface area contributed by atoms with Gasteiger partial charge in [0.2, 0.25) is 5.91 Å². The highest BCUT2D eigenvalue weighted by molar-refractivity contribution is 6.34. The second-order valence-corrected chi connectivity index (χ2v) is 8.75. The van der Waals surface area contributed by atoms with Gasteiger partial charge in [-0.15, -0.1) is 0 Å². The first-order valence-electron chi connectivity index (χ1n) is 11.2. The summed E-state index contributed by atoms with van der Waals surface area (Å²) in [5.74, 6) is -4.15. The van der Waals surface area contributed by atoms with Crippen LogP contribution < -0.4 is 20.5 Å². The SMILES string of the molecule is COCCNC[C@@]1(c2ccccc2)Cc2c(cc(F)c(Cl)c2-c2c(C(N)=O)ccc(OC(F)F)c2F)O1. The number of alkyl halides is 2. The van der Waals surface area contributed by atoms with Gasteiger partial charge in [0.1, 0.15) is 11.6 Å². The van der Waals surface area contributed by atoms with Crippen molar-refractivity contribution in [2.75, 3.05) is 26.8 Å². The monoisotopic (exact) mass is 538 g/mol. The minimum Gasteiger partial charge on any atom is -0.480 e. The Morgan fingerprint density at radius 3 is 2.57 bits per heavy atom. The predicted octanol–water partition coefficient (Wildman–Crippen LogP) is 5.05. The highest BCUT2D eigenvalue weighted by atomic mass is 35.5. The van der Waals surface area contributed by atoms with Gasteiger partial charge in [0.15, 0.2) is 17.2 Å². The van der Waals surface area contributed by atoms with Crippen LogP contribution in [0.3, 0.4) is 0 Å². The Balaban J connectivity index is 1.91. The fraction of sp³-hybridized carbons (Fsp3) is 0.269. The molecule has 1 aliphatic rings. The van der Waals surface area contributed by atoms with Crippen molar-refractivity contribution < 1.29 is 36.6 Å². The van der Waals surface area contributed by atoms with Crippen LogP contribution in [-0.4, -0.2) is 39.3 Å². The number of hydrogen-bond donors (Lipinski definition) is 2. The minimum atomic E-state index is -3.34. The number of nitrogens with two attached hydrogens (primary N) is 1. The molecule has 0 radical (unpaired) electrons. The van der Waals surface area contributed by atoms with Gasteiger partial charge in [-0.05, 0) is 17.7 Å². The molecular weight excluding hydrogens is 516 g/mol. The molecule has 0 spiro atoms. The standard InChI is InChI=1S/C26H23ClF4N2O4/c1-35-10-9-33-13-26(14-5-3-2-4-6-14)12-16-19(37-26)11-17(28)22(27)20(16)21-15(24(32)34)7-8-18(23(21)29)36-25(30)31/h2-8,11,25,33H,9-10,12-13H2,1H3,(H2,32,34)/t26-/m1/s1. The molecule has 1 heterocycles. The number of benzene rings is 3. The molecule has 196 valence electrons. The fourth-order valence-corrected chi connectivity index (χ4v) is 4.72. The lowest BCUT2D eigenvalue weighted by molar-refractivity contribution is -0.0521. The normalized spacial score (nSPS) is 16.5. The number of methoxy groups -OCH3 is 1. The number of fused-ring (bicyclic) bond motifs is 1. The summed E-state index contributed by atoms with van der Waals surface area (Å²) in [7, 11) is 1.56. The number of carbonyl (C=O) groups excluding carboxylic acids is 1. The zero-order valence-corrected chi connectivity index (χ0v) is 20.4. The number of primary amides is 1. The summed E-state index contributed by atoms with van der Waals surface area (Å²) in [5.41, 5.74) is 4.25. The van der Waals surface area contributed by atoms with Crippen LogP contribution in [0.15, 0.2) is 48.5 Å². The molecule has 3 N–H and O–H groups in total. The minimum absolute atomic E-state index is 0.0595. The first-order valence-corrected chi connectivity index (χ1v) is 11.6. The van der Waals surface area contributed by atoms with E-state index in [1.807, 2.05) is 30.3 Å². The van der Waals surface area contributed by atoms with Crippen LogP contribution in [-0.2, 0) is 16.8 Å². The van der Waals surface area contributed by atoms with Gasteiger partial charge in [0, 0.05) is 49.4 Å². The van der Waals surface area contributed by atoms with E-state index in [2.05, 4.69) is 10.1 Å². The maximum Gasteiger partial charge on any atom is 0.387 e. The van der Waals surface area contributed by atoms with Crippen LogP contribution >= 0.6 is 11.6 Å². The van der Waals surface area contributed by atoms with E-state index in [0.29, 0.717) is 13.2 Å². The lowest BCUT2D eigenvalue weighted by Gasteiger charge is -2.30. The maximum atomic E-state index is 15.6. The molecule has 6 nitrogen and oxygen atoms in total. The highest BCUT2D eigenvalue weighted by Crippen LogP contribution is 2.50. The summed E-state index contributed by atoms with van der Waals surface area (Å²) in [5, 5.41) is 2.72. The molecule has 37 heavy (non-hydrogen) atoms. The Bertz CT molecular complexity index is 1310. The van der Waals surface area contributed by atoms with Crippen LogP contribution in [0.2, 0.25) is 5.02 Å². The third-order valence-corrected chi connectivity index (χ3v) is 6.45. The largest absolute Gasteiger partial charge is 0.480 e. The van der Waals surface area contributed by atoms with Crippen molar-refractivity contribution >= 4 is 17.5 Å². The number of halogens is 5. The number of hydrogen-bond acceptors (Lipinski definition) is 5. The zero-order valence-electron chi connectivity index (χ0n) is 19.6. The van der Waals surface area contributed by atoms with Crippen molar-refractivity contribution in [1.82, 2.24) is 5.32 Å². The van der Waals surface area contributed by atoms with Gasteiger partial charge in [0.05, 0.1) is 17.2 Å². The molecule has 11 heteroatoms. The molecule has 3 aromatic carbocycles. The molecule has 0 aliphatic carbocycles. The Morgan fingerprint density at radius 1 is 1.19 bits per heavy atom. The van der Waals surface area contributed by atoms with E-state index in [-0.39, 0.29) is 35.4 Å². The third-order valence-electron chi connectivity index (χ3n) is 6.09. The van der Waals surface area contributed by atoms with Gasteiger partial charge in [-0.1, -0.05) is 41.9 Å². The second-order valence-electron chi connectivity index (χ2n) is 8.38. The Morgan fingerprint density at radius 2 is 1.92 bits per heavy atom. The van der Waals surface area contributed by atoms with Gasteiger partial charge >= 0.3 is 6.61 Å². The second kappa shape index (κ2) is 11.0. The number of ether oxygens (including phenoxy) is 3. The molecule has 0 saturated heterocycles. The number of amides is 1. The van der Waals surface area contributed by atoms with E-state index in [1.54, 1.807) is 7.11 Å². The van der Waals surface area contributed by atoms with Gasteiger partial charge in [0.25, 0.3) is 0 Å². The Labute approximate surface area is 215 Å². The zero-order chi connectivity index (χ0) is 26.7. The van der Waals surface area contributed by atoms with Gasteiger partial charge in [-0.25, -0.2) is 8.78 Å². The lowest BCUT2D eigenvalue weighted by Crippen LogP contribution is -2.43. The first kappa shape index (κ1) is 26.7. The Hall–Kier alpha value is -3.34. The van der Waals surface area contributed by atoms with Crippen molar-refractivity contribution in [2.45, 2.75) is 18.6 Å². The van der Waals surface area contributed by atoms with Crippen molar-refractivity contribution in [3.8, 4) is 22.6 Å². The van der Waals surface area contributed by atoms with Crippen LogP contribution in [0.4, 0.5) is 17.6 Å². The molecule has 1 aliphatic heterocycles. The molecular formula is C26H23ClF4N2O4. The summed E-state index contributed by atoms with van der Waals surface area (Å²) < 4.78 is 72.2. The predicted molar refractivity (Wildman–Crippen MR) is 129 cm³/mol. The number of nitrogens with one attached hydrogen (secondary N) is 1. The number of rotatable bonds is 10. The average molecular weight is 539 g/mol. The van der Waals surface area contributed by atoms with Crippen LogP contribution in [0.1, 0.15) is 21.5 Å². The van der Waals surface area contributed by atoms with Crippen LogP contribution in [0, 0.1) is 11.6 Å². The quantitative estimate of drug-likeness (QED) is 0.279. The van der Waals surface area contributed by atoms with E-state index < -0.39 is 46.1 Å². The average Bonchev–Trinajstić information content (AvgIpc) is 3.23. The van der Waals surface area contributed by atoms with E-state index in [4.69, 9.17) is 26.8 Å². The molecule has 1 amide bonds. The molecule has 1 atom stereocenters. The summed E-state index contributed by atoms with van der Waals surface area (Å²) in [4.78, 5) is 12.2. The van der Waals surface area contributed by atoms with E-state index >= 15 is 8.78 Å². The van der Waals surface area contributed by atoms with E-state index in [1.165, 1.54) is 0 Å². The summed E-state index contributed by atoms with van der Waals surface area (Å²) >= 11 is 6.33. The molecule has 0 unspecified atom stereocenters. The van der Waals surface area contributed by atoms with Crippen LogP contribution in [0.5, 0.6) is 11.5 Å². The summed E-state index contributed by atoms with van der Waals surface area (Å²) in [6.45, 7) is -2.18. The summed E-state index contributed by atoms with van der Waals surface area (Å²) in [6.07, 6.45) is 0.0826. The lowest BCUT2D eigenvalue weighted by atomic mass is 9.85.